The van der Waals surface area contributed by atoms with E-state index in [0.29, 0.717) is 18.5 Å². The van der Waals surface area contributed by atoms with Crippen LogP contribution < -0.4 is 11.1 Å². The number of nitrogens with two attached hydrogens (primary N) is 1. The minimum Gasteiger partial charge on any atom is -0.374 e. The van der Waals surface area contributed by atoms with Crippen molar-refractivity contribution in [3.8, 4) is 0 Å². The lowest BCUT2D eigenvalue weighted by atomic mass is 10.3. The summed E-state index contributed by atoms with van der Waals surface area (Å²) in [7, 11) is 2.09. The molecule has 1 fully saturated rings. The van der Waals surface area contributed by atoms with Gasteiger partial charge in [0.2, 0.25) is 0 Å². The molecular formula is C10H22N4O. The molecule has 3 N–H and O–H groups in total. The maximum absolute atomic E-state index is 5.70. The summed E-state index contributed by atoms with van der Waals surface area (Å²) in [5.41, 5.74) is 5.70. The molecule has 1 heterocycles. The number of hydrogen-bond donors (Lipinski definition) is 2. The van der Waals surface area contributed by atoms with Crippen LogP contribution in [0.1, 0.15) is 13.8 Å². The summed E-state index contributed by atoms with van der Waals surface area (Å²) in [6.45, 7) is 7.42. The Labute approximate surface area is 91.7 Å². The molecule has 5 nitrogen and oxygen atoms in total. The van der Waals surface area contributed by atoms with E-state index in [1.807, 2.05) is 13.8 Å². The van der Waals surface area contributed by atoms with Crippen molar-refractivity contribution in [1.29, 1.82) is 0 Å². The van der Waals surface area contributed by atoms with Crippen LogP contribution >= 0.6 is 0 Å². The highest BCUT2D eigenvalue weighted by Gasteiger charge is 2.16. The van der Waals surface area contributed by atoms with Gasteiger partial charge in [0.25, 0.3) is 0 Å². The highest BCUT2D eigenvalue weighted by Crippen LogP contribution is 2.02. The van der Waals surface area contributed by atoms with Gasteiger partial charge >= 0.3 is 0 Å². The lowest BCUT2D eigenvalue weighted by molar-refractivity contribution is -0.0136. The Hall–Kier alpha value is -0.810. The van der Waals surface area contributed by atoms with Crippen LogP contribution in [0.5, 0.6) is 0 Å². The van der Waals surface area contributed by atoms with Gasteiger partial charge in [-0.3, -0.25) is 4.99 Å². The number of morpholine rings is 1. The number of aliphatic imine (C=N–C) groups is 1. The Morgan fingerprint density at radius 2 is 2.40 bits per heavy atom. The van der Waals surface area contributed by atoms with Gasteiger partial charge in [0.1, 0.15) is 0 Å². The van der Waals surface area contributed by atoms with Crippen molar-refractivity contribution in [3.05, 3.63) is 0 Å². The van der Waals surface area contributed by atoms with Gasteiger partial charge in [0.15, 0.2) is 5.96 Å². The minimum absolute atomic E-state index is 0.177. The van der Waals surface area contributed by atoms with Crippen LogP contribution in [0.25, 0.3) is 0 Å². The van der Waals surface area contributed by atoms with Gasteiger partial charge in [-0.15, -0.1) is 0 Å². The number of ether oxygens (including phenoxy) is 1. The van der Waals surface area contributed by atoms with E-state index in [1.54, 1.807) is 0 Å². The average molecular weight is 214 g/mol. The van der Waals surface area contributed by atoms with Crippen LogP contribution in [0.15, 0.2) is 4.99 Å². The Morgan fingerprint density at radius 3 is 3.00 bits per heavy atom. The summed E-state index contributed by atoms with van der Waals surface area (Å²) in [5, 5.41) is 3.05. The van der Waals surface area contributed by atoms with E-state index in [4.69, 9.17) is 10.5 Å². The highest BCUT2D eigenvalue weighted by molar-refractivity contribution is 5.78. The van der Waals surface area contributed by atoms with E-state index < -0.39 is 0 Å². The Kier molecular flexibility index (Phi) is 4.84. The fourth-order valence-corrected chi connectivity index (χ4v) is 1.52. The molecule has 1 saturated heterocycles. The second-order valence-electron chi connectivity index (χ2n) is 4.28. The monoisotopic (exact) mass is 214 g/mol. The molecule has 1 aliphatic heterocycles. The van der Waals surface area contributed by atoms with Crippen LogP contribution in [-0.2, 0) is 4.74 Å². The molecule has 1 aliphatic rings. The maximum Gasteiger partial charge on any atom is 0.188 e. The fraction of sp³-hybridized carbons (Fsp3) is 0.900. The molecule has 0 saturated carbocycles. The van der Waals surface area contributed by atoms with Gasteiger partial charge in [-0.1, -0.05) is 0 Å². The second-order valence-corrected chi connectivity index (χ2v) is 4.28. The van der Waals surface area contributed by atoms with Crippen molar-refractivity contribution in [1.82, 2.24) is 10.2 Å². The van der Waals surface area contributed by atoms with E-state index in [9.17, 15) is 0 Å². The van der Waals surface area contributed by atoms with Crippen LogP contribution in [0.4, 0.5) is 0 Å². The van der Waals surface area contributed by atoms with Crippen molar-refractivity contribution in [2.24, 2.45) is 10.7 Å². The fourth-order valence-electron chi connectivity index (χ4n) is 1.52. The molecule has 1 atom stereocenters. The zero-order chi connectivity index (χ0) is 11.3. The number of hydrogen-bond acceptors (Lipinski definition) is 3. The predicted octanol–water partition coefficient (Wildman–Crippen LogP) is -0.370. The molecule has 0 aromatic carbocycles. The molecule has 1 rings (SSSR count). The molecule has 0 bridgehead atoms. The second kappa shape index (κ2) is 5.92. The average Bonchev–Trinajstić information content (AvgIpc) is 2.14. The Bertz CT molecular complexity index is 217. The summed E-state index contributed by atoms with van der Waals surface area (Å²) in [6.07, 6.45) is 0.177. The number of guanidine groups is 1. The van der Waals surface area contributed by atoms with E-state index >= 15 is 0 Å². The van der Waals surface area contributed by atoms with Crippen molar-refractivity contribution in [2.45, 2.75) is 26.0 Å². The molecule has 1 unspecified atom stereocenters. The van der Waals surface area contributed by atoms with Crippen LogP contribution in [0, 0.1) is 0 Å². The summed E-state index contributed by atoms with van der Waals surface area (Å²) in [5.74, 6) is 0.502. The zero-order valence-corrected chi connectivity index (χ0v) is 9.86. The maximum atomic E-state index is 5.70. The normalized spacial score (nSPS) is 24.5. The zero-order valence-electron chi connectivity index (χ0n) is 9.86. The van der Waals surface area contributed by atoms with Crippen molar-refractivity contribution < 1.29 is 4.74 Å². The van der Waals surface area contributed by atoms with Crippen LogP contribution in [0.3, 0.4) is 0 Å². The Balaban J connectivity index is 2.28. The SMILES string of the molecule is CC(C)NC(N)=NCC1CN(C)CCO1. The van der Waals surface area contributed by atoms with Gasteiger partial charge in [-0.2, -0.15) is 0 Å². The third-order valence-corrected chi connectivity index (χ3v) is 2.24. The van der Waals surface area contributed by atoms with Crippen molar-refractivity contribution in [2.75, 3.05) is 33.3 Å². The lowest BCUT2D eigenvalue weighted by Gasteiger charge is -2.29. The quantitative estimate of drug-likeness (QED) is 0.497. The molecule has 0 aromatic rings. The molecule has 5 heteroatoms. The number of rotatable bonds is 3. The predicted molar refractivity (Wildman–Crippen MR) is 62.0 cm³/mol. The van der Waals surface area contributed by atoms with Gasteiger partial charge < -0.3 is 20.7 Å². The molecular weight excluding hydrogens is 192 g/mol. The topological polar surface area (TPSA) is 62.9 Å². The van der Waals surface area contributed by atoms with E-state index in [0.717, 1.165) is 19.7 Å². The van der Waals surface area contributed by atoms with Gasteiger partial charge in [0, 0.05) is 19.1 Å². The first-order chi connectivity index (χ1) is 7.08. The molecule has 0 aliphatic carbocycles. The lowest BCUT2D eigenvalue weighted by Crippen LogP contribution is -2.43. The summed E-state index contributed by atoms with van der Waals surface area (Å²) in [4.78, 5) is 6.50. The number of nitrogens with zero attached hydrogens (tertiary/aromatic N) is 2. The standard InChI is InChI=1S/C10H22N4O/c1-8(2)13-10(11)12-6-9-7-14(3)4-5-15-9/h8-9H,4-7H2,1-3H3,(H3,11,12,13). The molecule has 15 heavy (non-hydrogen) atoms. The van der Waals surface area contributed by atoms with E-state index in [2.05, 4.69) is 22.3 Å². The van der Waals surface area contributed by atoms with Gasteiger partial charge in [0.05, 0.1) is 19.3 Å². The van der Waals surface area contributed by atoms with Crippen LogP contribution in [-0.4, -0.2) is 56.3 Å². The Morgan fingerprint density at radius 1 is 1.67 bits per heavy atom. The van der Waals surface area contributed by atoms with Gasteiger partial charge in [-0.05, 0) is 20.9 Å². The first kappa shape index (κ1) is 12.3. The molecule has 0 amide bonds. The molecule has 0 aromatic heterocycles. The van der Waals surface area contributed by atoms with E-state index in [-0.39, 0.29) is 6.10 Å². The largest absolute Gasteiger partial charge is 0.374 e. The van der Waals surface area contributed by atoms with Crippen LogP contribution in [0.2, 0.25) is 0 Å². The number of likely N-dealkylation sites (N-methyl/N-ethyl adjacent to an activating group) is 1. The smallest absolute Gasteiger partial charge is 0.188 e. The number of nitrogens with one attached hydrogen (secondary N) is 1. The summed E-state index contributed by atoms with van der Waals surface area (Å²) >= 11 is 0. The third kappa shape index (κ3) is 4.99. The highest BCUT2D eigenvalue weighted by atomic mass is 16.5. The van der Waals surface area contributed by atoms with Crippen molar-refractivity contribution in [3.63, 3.8) is 0 Å². The third-order valence-electron chi connectivity index (χ3n) is 2.24. The molecule has 0 spiro atoms. The minimum atomic E-state index is 0.177. The van der Waals surface area contributed by atoms with Gasteiger partial charge in [-0.25, -0.2) is 0 Å². The molecule has 0 radical (unpaired) electrons. The summed E-state index contributed by atoms with van der Waals surface area (Å²) in [6, 6.07) is 0.323. The first-order valence-electron chi connectivity index (χ1n) is 5.44. The summed E-state index contributed by atoms with van der Waals surface area (Å²) < 4.78 is 5.57. The van der Waals surface area contributed by atoms with E-state index in [1.165, 1.54) is 0 Å². The first-order valence-corrected chi connectivity index (χ1v) is 5.44. The van der Waals surface area contributed by atoms with Crippen molar-refractivity contribution >= 4 is 5.96 Å². The molecule has 88 valence electrons.